The third kappa shape index (κ3) is 5.05. The molecule has 0 saturated heterocycles. The number of rotatable bonds is 11. The van der Waals surface area contributed by atoms with E-state index in [-0.39, 0.29) is 24.1 Å². The highest BCUT2D eigenvalue weighted by Gasteiger charge is 2.31. The van der Waals surface area contributed by atoms with Gasteiger partial charge in [-0.25, -0.2) is 0 Å². The van der Waals surface area contributed by atoms with E-state index >= 15 is 0 Å². The first-order chi connectivity index (χ1) is 17.5. The summed E-state index contributed by atoms with van der Waals surface area (Å²) in [6.07, 6.45) is 1.23. The molecule has 3 aromatic carbocycles. The van der Waals surface area contributed by atoms with E-state index in [1.165, 1.54) is 0 Å². The number of hydrogen-bond donors (Lipinski definition) is 1. The van der Waals surface area contributed by atoms with Gasteiger partial charge in [0.2, 0.25) is 11.8 Å². The molecule has 0 radical (unpaired) electrons. The normalized spacial score (nSPS) is 13.1. The highest BCUT2D eigenvalue weighted by atomic mass is 16.5. The van der Waals surface area contributed by atoms with Gasteiger partial charge >= 0.3 is 0 Å². The van der Waals surface area contributed by atoms with E-state index < -0.39 is 6.04 Å². The molecule has 7 nitrogen and oxygen atoms in total. The van der Waals surface area contributed by atoms with Crippen LogP contribution in [-0.4, -0.2) is 48.9 Å². The first kappa shape index (κ1) is 25.2. The maximum Gasteiger partial charge on any atom is 0.258 e. The van der Waals surface area contributed by atoms with Gasteiger partial charge in [-0.2, -0.15) is 0 Å². The van der Waals surface area contributed by atoms with E-state index in [0.29, 0.717) is 43.8 Å². The zero-order valence-corrected chi connectivity index (χ0v) is 21.1. The summed E-state index contributed by atoms with van der Waals surface area (Å²) in [6.45, 7) is 5.01. The van der Waals surface area contributed by atoms with Crippen LogP contribution < -0.4 is 15.0 Å². The van der Waals surface area contributed by atoms with Gasteiger partial charge in [0.15, 0.2) is 0 Å². The average molecular weight is 488 g/mol. The van der Waals surface area contributed by atoms with Crippen LogP contribution in [0.2, 0.25) is 0 Å². The van der Waals surface area contributed by atoms with E-state index in [2.05, 4.69) is 5.32 Å². The SMILES string of the molecule is CCNC(=O)[C@H](CC)N(Cc1cccc(OC)c1)C(=O)CCCN1C(=O)c2cccc3cccc1c23. The van der Waals surface area contributed by atoms with Crippen molar-refractivity contribution in [2.45, 2.75) is 45.7 Å². The molecule has 188 valence electrons. The van der Waals surface area contributed by atoms with E-state index in [1.54, 1.807) is 16.9 Å². The number of methoxy groups -OCH3 is 1. The van der Waals surface area contributed by atoms with Crippen LogP contribution >= 0.6 is 0 Å². The summed E-state index contributed by atoms with van der Waals surface area (Å²) in [5, 5.41) is 4.86. The van der Waals surface area contributed by atoms with E-state index in [4.69, 9.17) is 4.74 Å². The molecule has 1 heterocycles. The number of carbonyl (C=O) groups is 3. The van der Waals surface area contributed by atoms with Crippen molar-refractivity contribution >= 4 is 34.2 Å². The molecule has 3 aromatic rings. The van der Waals surface area contributed by atoms with Crippen LogP contribution in [-0.2, 0) is 16.1 Å². The van der Waals surface area contributed by atoms with Crippen LogP contribution in [0.15, 0.2) is 60.7 Å². The number of benzene rings is 3. The van der Waals surface area contributed by atoms with Crippen LogP contribution in [0.25, 0.3) is 10.8 Å². The standard InChI is InChI=1S/C29H33N3O4/c1-4-24(28(34)30-5-2)32(19-20-10-6-13-22(18-20)36-3)26(33)16-9-17-31-25-15-8-12-21-11-7-14-23(27(21)25)29(31)35/h6-8,10-15,18,24H,4-5,9,16-17,19H2,1-3H3,(H,30,34)/t24-/m0/s1. The molecule has 0 aromatic heterocycles. The Balaban J connectivity index is 1.49. The lowest BCUT2D eigenvalue weighted by atomic mass is 10.1. The molecule has 1 aliphatic rings. The number of nitrogens with zero attached hydrogens (tertiary/aromatic N) is 2. The van der Waals surface area contributed by atoms with Crippen LogP contribution in [0.5, 0.6) is 5.75 Å². The van der Waals surface area contributed by atoms with Gasteiger partial charge in [0.05, 0.1) is 12.8 Å². The number of carbonyl (C=O) groups excluding carboxylic acids is 3. The van der Waals surface area contributed by atoms with Crippen molar-refractivity contribution in [1.29, 1.82) is 0 Å². The Labute approximate surface area is 212 Å². The summed E-state index contributed by atoms with van der Waals surface area (Å²) >= 11 is 0. The molecule has 1 N–H and O–H groups in total. The van der Waals surface area contributed by atoms with Crippen molar-refractivity contribution in [1.82, 2.24) is 10.2 Å². The third-order valence-electron chi connectivity index (χ3n) is 6.65. The maximum absolute atomic E-state index is 13.5. The number of anilines is 1. The number of likely N-dealkylation sites (N-methyl/N-ethyl adjacent to an activating group) is 1. The zero-order chi connectivity index (χ0) is 25.7. The third-order valence-corrected chi connectivity index (χ3v) is 6.65. The van der Waals surface area contributed by atoms with E-state index in [0.717, 1.165) is 22.0 Å². The Morgan fingerprint density at radius 1 is 1.06 bits per heavy atom. The molecule has 4 rings (SSSR count). The predicted molar refractivity (Wildman–Crippen MR) is 141 cm³/mol. The predicted octanol–water partition coefficient (Wildman–Crippen LogP) is 4.53. The number of amides is 3. The fraction of sp³-hybridized carbons (Fsp3) is 0.345. The van der Waals surface area contributed by atoms with Crippen LogP contribution in [0.3, 0.4) is 0 Å². The molecule has 1 aliphatic heterocycles. The van der Waals surface area contributed by atoms with Gasteiger partial charge in [-0.3, -0.25) is 14.4 Å². The Morgan fingerprint density at radius 3 is 2.53 bits per heavy atom. The Morgan fingerprint density at radius 2 is 1.81 bits per heavy atom. The van der Waals surface area contributed by atoms with Gasteiger partial charge in [0.25, 0.3) is 5.91 Å². The minimum Gasteiger partial charge on any atom is -0.497 e. The quantitative estimate of drug-likeness (QED) is 0.431. The van der Waals surface area contributed by atoms with Crippen LogP contribution in [0.1, 0.15) is 49.0 Å². The summed E-state index contributed by atoms with van der Waals surface area (Å²) in [5.41, 5.74) is 2.49. The molecule has 0 fully saturated rings. The molecule has 0 spiro atoms. The fourth-order valence-electron chi connectivity index (χ4n) is 4.91. The van der Waals surface area contributed by atoms with Crippen molar-refractivity contribution in [3.05, 3.63) is 71.8 Å². The topological polar surface area (TPSA) is 79.0 Å². The summed E-state index contributed by atoms with van der Waals surface area (Å²) < 4.78 is 5.33. The lowest BCUT2D eigenvalue weighted by Crippen LogP contribution is -2.49. The van der Waals surface area contributed by atoms with Gasteiger partial charge in [-0.1, -0.05) is 43.3 Å². The summed E-state index contributed by atoms with van der Waals surface area (Å²) in [7, 11) is 1.60. The Hall–Kier alpha value is -3.87. The van der Waals surface area contributed by atoms with Crippen molar-refractivity contribution in [3.63, 3.8) is 0 Å². The molecule has 0 saturated carbocycles. The molecular weight excluding hydrogens is 454 g/mol. The second-order valence-corrected chi connectivity index (χ2v) is 8.93. The van der Waals surface area contributed by atoms with Crippen molar-refractivity contribution < 1.29 is 19.1 Å². The van der Waals surface area contributed by atoms with Gasteiger partial charge in [-0.05, 0) is 55.0 Å². The van der Waals surface area contributed by atoms with Crippen molar-refractivity contribution in [3.8, 4) is 5.75 Å². The zero-order valence-electron chi connectivity index (χ0n) is 21.1. The molecule has 0 bridgehead atoms. The van der Waals surface area contributed by atoms with Crippen molar-refractivity contribution in [2.75, 3.05) is 25.1 Å². The molecule has 0 unspecified atom stereocenters. The molecule has 36 heavy (non-hydrogen) atoms. The fourth-order valence-corrected chi connectivity index (χ4v) is 4.91. The Bertz CT molecular complexity index is 1270. The highest BCUT2D eigenvalue weighted by Crippen LogP contribution is 2.37. The minimum absolute atomic E-state index is 0.0313. The van der Waals surface area contributed by atoms with Gasteiger partial charge in [0, 0.05) is 37.0 Å². The van der Waals surface area contributed by atoms with Gasteiger partial charge in [0.1, 0.15) is 11.8 Å². The molecule has 1 atom stereocenters. The smallest absolute Gasteiger partial charge is 0.258 e. The number of ether oxygens (including phenoxy) is 1. The highest BCUT2D eigenvalue weighted by molar-refractivity contribution is 6.25. The molecular formula is C29H33N3O4. The average Bonchev–Trinajstić information content (AvgIpc) is 3.17. The molecule has 0 aliphatic carbocycles. The minimum atomic E-state index is -0.574. The van der Waals surface area contributed by atoms with Crippen LogP contribution in [0.4, 0.5) is 5.69 Å². The van der Waals surface area contributed by atoms with E-state index in [1.807, 2.05) is 74.5 Å². The second kappa shape index (κ2) is 11.2. The first-order valence-electron chi connectivity index (χ1n) is 12.5. The first-order valence-corrected chi connectivity index (χ1v) is 12.5. The van der Waals surface area contributed by atoms with E-state index in [9.17, 15) is 14.4 Å². The second-order valence-electron chi connectivity index (χ2n) is 8.93. The lowest BCUT2D eigenvalue weighted by molar-refractivity contribution is -0.141. The van der Waals surface area contributed by atoms with Crippen LogP contribution in [0, 0.1) is 0 Å². The van der Waals surface area contributed by atoms with Crippen molar-refractivity contribution in [2.24, 2.45) is 0 Å². The monoisotopic (exact) mass is 487 g/mol. The number of nitrogens with one attached hydrogen (secondary N) is 1. The van der Waals surface area contributed by atoms with Gasteiger partial charge in [-0.15, -0.1) is 0 Å². The largest absolute Gasteiger partial charge is 0.497 e. The molecule has 7 heteroatoms. The Kier molecular flexibility index (Phi) is 7.88. The molecule has 3 amide bonds. The van der Waals surface area contributed by atoms with Gasteiger partial charge < -0.3 is 19.9 Å². The lowest BCUT2D eigenvalue weighted by Gasteiger charge is -2.31. The summed E-state index contributed by atoms with van der Waals surface area (Å²) in [4.78, 5) is 42.8. The summed E-state index contributed by atoms with van der Waals surface area (Å²) in [6, 6.07) is 18.6. The number of hydrogen-bond acceptors (Lipinski definition) is 4. The summed E-state index contributed by atoms with van der Waals surface area (Å²) in [5.74, 6) is 0.398. The maximum atomic E-state index is 13.5.